The zero-order valence-electron chi connectivity index (χ0n) is 10.5. The van der Waals surface area contributed by atoms with Crippen LogP contribution >= 0.6 is 15.9 Å². The molecule has 0 aromatic heterocycles. The SMILES string of the molecule is CNCC1CCCN(Cc2cccc(Br)c2)C1. The topological polar surface area (TPSA) is 15.3 Å². The van der Waals surface area contributed by atoms with Gasteiger partial charge in [-0.05, 0) is 56.6 Å². The van der Waals surface area contributed by atoms with Crippen molar-refractivity contribution in [1.82, 2.24) is 10.2 Å². The number of nitrogens with zero attached hydrogens (tertiary/aromatic N) is 1. The average molecular weight is 297 g/mol. The molecule has 1 N–H and O–H groups in total. The van der Waals surface area contributed by atoms with E-state index in [0.29, 0.717) is 0 Å². The lowest BCUT2D eigenvalue weighted by Gasteiger charge is -2.32. The maximum Gasteiger partial charge on any atom is 0.0234 e. The van der Waals surface area contributed by atoms with Gasteiger partial charge in [0.2, 0.25) is 0 Å². The van der Waals surface area contributed by atoms with Crippen LogP contribution in [0.5, 0.6) is 0 Å². The van der Waals surface area contributed by atoms with Crippen molar-refractivity contribution < 1.29 is 0 Å². The number of likely N-dealkylation sites (tertiary alicyclic amines) is 1. The molecule has 0 radical (unpaired) electrons. The van der Waals surface area contributed by atoms with Gasteiger partial charge in [0.1, 0.15) is 0 Å². The Bertz CT molecular complexity index is 352. The number of benzene rings is 1. The molecule has 1 atom stereocenters. The summed E-state index contributed by atoms with van der Waals surface area (Å²) in [5.74, 6) is 0.820. The summed E-state index contributed by atoms with van der Waals surface area (Å²) in [6.07, 6.45) is 2.70. The van der Waals surface area contributed by atoms with Gasteiger partial charge < -0.3 is 5.32 Å². The standard InChI is InChI=1S/C14H21BrN2/c1-16-9-13-5-3-7-17(11-13)10-12-4-2-6-14(15)8-12/h2,4,6,8,13,16H,3,5,7,9-11H2,1H3. The van der Waals surface area contributed by atoms with Crippen molar-refractivity contribution in [2.45, 2.75) is 19.4 Å². The molecule has 1 aliphatic rings. The highest BCUT2D eigenvalue weighted by atomic mass is 79.9. The minimum Gasteiger partial charge on any atom is -0.319 e. The van der Waals surface area contributed by atoms with Crippen LogP contribution in [0.2, 0.25) is 0 Å². The summed E-state index contributed by atoms with van der Waals surface area (Å²) in [6, 6.07) is 8.64. The monoisotopic (exact) mass is 296 g/mol. The van der Waals surface area contributed by atoms with Gasteiger partial charge in [0.05, 0.1) is 0 Å². The maximum absolute atomic E-state index is 3.54. The number of hydrogen-bond acceptors (Lipinski definition) is 2. The zero-order valence-corrected chi connectivity index (χ0v) is 12.0. The van der Waals surface area contributed by atoms with Crippen LogP contribution in [0.25, 0.3) is 0 Å². The van der Waals surface area contributed by atoms with Crippen molar-refractivity contribution in [3.05, 3.63) is 34.3 Å². The Hall–Kier alpha value is -0.380. The first-order valence-corrected chi connectivity index (χ1v) is 7.18. The van der Waals surface area contributed by atoms with Crippen LogP contribution in [-0.4, -0.2) is 31.6 Å². The molecule has 0 saturated carbocycles. The molecule has 1 fully saturated rings. The van der Waals surface area contributed by atoms with Gasteiger partial charge in [-0.3, -0.25) is 4.90 Å². The third-order valence-electron chi connectivity index (χ3n) is 3.39. The van der Waals surface area contributed by atoms with E-state index in [9.17, 15) is 0 Å². The molecule has 0 aliphatic carbocycles. The second-order valence-corrected chi connectivity index (χ2v) is 5.85. The average Bonchev–Trinajstić information content (AvgIpc) is 2.30. The lowest BCUT2D eigenvalue weighted by atomic mass is 9.97. The van der Waals surface area contributed by atoms with Gasteiger partial charge in [0, 0.05) is 17.6 Å². The quantitative estimate of drug-likeness (QED) is 0.919. The number of piperidine rings is 1. The highest BCUT2D eigenvalue weighted by Crippen LogP contribution is 2.19. The maximum atomic E-state index is 3.54. The van der Waals surface area contributed by atoms with Crippen molar-refractivity contribution in [2.24, 2.45) is 5.92 Å². The largest absolute Gasteiger partial charge is 0.319 e. The number of rotatable bonds is 4. The first-order chi connectivity index (χ1) is 8.28. The summed E-state index contributed by atoms with van der Waals surface area (Å²) >= 11 is 3.54. The lowest BCUT2D eigenvalue weighted by Crippen LogP contribution is -2.38. The predicted molar refractivity (Wildman–Crippen MR) is 76.1 cm³/mol. The Labute approximate surface area is 113 Å². The van der Waals surface area contributed by atoms with E-state index in [-0.39, 0.29) is 0 Å². The molecule has 1 aliphatic heterocycles. The third-order valence-corrected chi connectivity index (χ3v) is 3.88. The van der Waals surface area contributed by atoms with Crippen molar-refractivity contribution in [3.63, 3.8) is 0 Å². The molecule has 1 aromatic rings. The molecular formula is C14H21BrN2. The summed E-state index contributed by atoms with van der Waals surface area (Å²) < 4.78 is 1.18. The van der Waals surface area contributed by atoms with Crippen LogP contribution in [0.4, 0.5) is 0 Å². The Morgan fingerprint density at radius 2 is 2.35 bits per heavy atom. The van der Waals surface area contributed by atoms with Crippen molar-refractivity contribution in [2.75, 3.05) is 26.7 Å². The fourth-order valence-electron chi connectivity index (χ4n) is 2.64. The van der Waals surface area contributed by atoms with Gasteiger partial charge in [-0.25, -0.2) is 0 Å². The zero-order chi connectivity index (χ0) is 12.1. The van der Waals surface area contributed by atoms with E-state index in [1.165, 1.54) is 36.0 Å². The van der Waals surface area contributed by atoms with Crippen molar-refractivity contribution >= 4 is 15.9 Å². The van der Waals surface area contributed by atoms with E-state index >= 15 is 0 Å². The highest BCUT2D eigenvalue weighted by Gasteiger charge is 2.19. The molecule has 1 unspecified atom stereocenters. The van der Waals surface area contributed by atoms with Crippen LogP contribution in [-0.2, 0) is 6.54 Å². The smallest absolute Gasteiger partial charge is 0.0234 e. The molecule has 1 aromatic carbocycles. The van der Waals surface area contributed by atoms with E-state index in [2.05, 4.69) is 50.4 Å². The minimum atomic E-state index is 0.820. The fraction of sp³-hybridized carbons (Fsp3) is 0.571. The van der Waals surface area contributed by atoms with Gasteiger partial charge in [-0.15, -0.1) is 0 Å². The lowest BCUT2D eigenvalue weighted by molar-refractivity contribution is 0.167. The van der Waals surface area contributed by atoms with Gasteiger partial charge in [-0.2, -0.15) is 0 Å². The minimum absolute atomic E-state index is 0.820. The van der Waals surface area contributed by atoms with Gasteiger partial charge in [0.15, 0.2) is 0 Å². The number of hydrogen-bond donors (Lipinski definition) is 1. The second-order valence-electron chi connectivity index (χ2n) is 4.93. The molecular weight excluding hydrogens is 276 g/mol. The van der Waals surface area contributed by atoms with Crippen LogP contribution in [0.15, 0.2) is 28.7 Å². The Balaban J connectivity index is 1.90. The first-order valence-electron chi connectivity index (χ1n) is 6.39. The molecule has 2 rings (SSSR count). The normalized spacial score (nSPS) is 21.6. The van der Waals surface area contributed by atoms with Gasteiger partial charge >= 0.3 is 0 Å². The second kappa shape index (κ2) is 6.53. The molecule has 0 amide bonds. The van der Waals surface area contributed by atoms with Gasteiger partial charge in [-0.1, -0.05) is 28.1 Å². The molecule has 94 valence electrons. The molecule has 2 nitrogen and oxygen atoms in total. The summed E-state index contributed by atoms with van der Waals surface area (Å²) in [5, 5.41) is 3.30. The summed E-state index contributed by atoms with van der Waals surface area (Å²) in [7, 11) is 2.05. The Morgan fingerprint density at radius 1 is 1.47 bits per heavy atom. The molecule has 17 heavy (non-hydrogen) atoms. The highest BCUT2D eigenvalue weighted by molar-refractivity contribution is 9.10. The molecule has 3 heteroatoms. The van der Waals surface area contributed by atoms with Crippen LogP contribution in [0.3, 0.4) is 0 Å². The van der Waals surface area contributed by atoms with Crippen LogP contribution in [0, 0.1) is 5.92 Å². The first kappa shape index (κ1) is 13.1. The molecule has 0 bridgehead atoms. The van der Waals surface area contributed by atoms with E-state index in [1.807, 2.05) is 7.05 Å². The Kier molecular flexibility index (Phi) is 5.01. The predicted octanol–water partition coefficient (Wildman–Crippen LogP) is 2.88. The van der Waals surface area contributed by atoms with Gasteiger partial charge in [0.25, 0.3) is 0 Å². The molecule has 1 saturated heterocycles. The van der Waals surface area contributed by atoms with E-state index in [4.69, 9.17) is 0 Å². The van der Waals surface area contributed by atoms with Crippen LogP contribution < -0.4 is 5.32 Å². The molecule has 0 spiro atoms. The van der Waals surface area contributed by atoms with E-state index < -0.39 is 0 Å². The van der Waals surface area contributed by atoms with Crippen molar-refractivity contribution in [3.8, 4) is 0 Å². The van der Waals surface area contributed by atoms with Crippen molar-refractivity contribution in [1.29, 1.82) is 0 Å². The fourth-order valence-corrected chi connectivity index (χ4v) is 3.09. The number of halogens is 1. The summed E-state index contributed by atoms with van der Waals surface area (Å²) in [6.45, 7) is 4.70. The third kappa shape index (κ3) is 4.09. The number of nitrogens with one attached hydrogen (secondary N) is 1. The van der Waals surface area contributed by atoms with Crippen LogP contribution in [0.1, 0.15) is 18.4 Å². The summed E-state index contributed by atoms with van der Waals surface area (Å²) in [4.78, 5) is 2.58. The molecule has 1 heterocycles. The van der Waals surface area contributed by atoms with E-state index in [0.717, 1.165) is 19.0 Å². The Morgan fingerprint density at radius 3 is 3.12 bits per heavy atom. The summed E-state index contributed by atoms with van der Waals surface area (Å²) in [5.41, 5.74) is 1.41. The van der Waals surface area contributed by atoms with E-state index in [1.54, 1.807) is 0 Å².